The van der Waals surface area contributed by atoms with Crippen molar-refractivity contribution in [3.63, 3.8) is 0 Å². The number of benzene rings is 4. The molecule has 10 heteroatoms. The molecule has 1 amide bonds. The molecule has 4 aromatic carbocycles. The van der Waals surface area contributed by atoms with Gasteiger partial charge in [0.05, 0.1) is 19.3 Å². The van der Waals surface area contributed by atoms with Gasteiger partial charge in [0.25, 0.3) is 5.91 Å². The first-order valence-corrected chi connectivity index (χ1v) is 12.9. The van der Waals surface area contributed by atoms with Crippen LogP contribution in [0.2, 0.25) is 0 Å². The summed E-state index contributed by atoms with van der Waals surface area (Å²) in [4.78, 5) is 14.6. The Morgan fingerprint density at radius 2 is 1.39 bits per heavy atom. The second-order valence-electron chi connectivity index (χ2n) is 9.33. The molecule has 4 aromatic rings. The molecule has 0 radical (unpaired) electrons. The van der Waals surface area contributed by atoms with E-state index < -0.39 is 23.2 Å². The van der Waals surface area contributed by atoms with Crippen molar-refractivity contribution in [2.75, 3.05) is 26.4 Å². The highest BCUT2D eigenvalue weighted by Gasteiger charge is 2.20. The van der Waals surface area contributed by atoms with Gasteiger partial charge in [-0.2, -0.15) is 0 Å². The molecule has 41 heavy (non-hydrogen) atoms. The summed E-state index contributed by atoms with van der Waals surface area (Å²) in [6.07, 6.45) is 0. The van der Waals surface area contributed by atoms with E-state index >= 15 is 0 Å². The van der Waals surface area contributed by atoms with E-state index in [-0.39, 0.29) is 56.0 Å². The van der Waals surface area contributed by atoms with E-state index in [1.807, 2.05) is 54.6 Å². The Morgan fingerprint density at radius 1 is 0.732 bits per heavy atom. The van der Waals surface area contributed by atoms with Crippen LogP contribution < -0.4 is 10.5 Å². The van der Waals surface area contributed by atoms with Crippen LogP contribution >= 0.6 is 0 Å². The van der Waals surface area contributed by atoms with Gasteiger partial charge in [0.2, 0.25) is 0 Å². The predicted octanol–water partition coefficient (Wildman–Crippen LogP) is 4.00. The number of ether oxygens (including phenoxy) is 2. The molecule has 0 bridgehead atoms. The van der Waals surface area contributed by atoms with Crippen LogP contribution in [-0.4, -0.2) is 62.7 Å². The highest BCUT2D eigenvalue weighted by atomic mass is 16.5. The lowest BCUT2D eigenvalue weighted by Gasteiger charge is -2.23. The Labute approximate surface area is 237 Å². The molecule has 4 rings (SSSR count). The minimum absolute atomic E-state index is 0.0341. The molecule has 0 aliphatic carbocycles. The van der Waals surface area contributed by atoms with Crippen LogP contribution in [0.25, 0.3) is 0 Å². The van der Waals surface area contributed by atoms with E-state index in [0.717, 1.165) is 23.3 Å². The van der Waals surface area contributed by atoms with Crippen molar-refractivity contribution in [1.29, 1.82) is 0 Å². The van der Waals surface area contributed by atoms with Gasteiger partial charge in [-0.15, -0.1) is 0 Å². The third kappa shape index (κ3) is 7.59. The van der Waals surface area contributed by atoms with Gasteiger partial charge in [-0.3, -0.25) is 4.79 Å². The minimum Gasteiger partial charge on any atom is -0.504 e. The summed E-state index contributed by atoms with van der Waals surface area (Å²) in [7, 11) is 0. The fourth-order valence-corrected chi connectivity index (χ4v) is 4.17. The van der Waals surface area contributed by atoms with Crippen molar-refractivity contribution in [1.82, 2.24) is 4.90 Å². The molecule has 0 saturated heterocycles. The van der Waals surface area contributed by atoms with Gasteiger partial charge >= 0.3 is 0 Å². The van der Waals surface area contributed by atoms with Gasteiger partial charge < -0.3 is 45.6 Å². The van der Waals surface area contributed by atoms with Crippen LogP contribution in [0.1, 0.15) is 33.1 Å². The highest BCUT2D eigenvalue weighted by molar-refractivity contribution is 5.95. The topological polar surface area (TPSA) is 166 Å². The lowest BCUT2D eigenvalue weighted by molar-refractivity contribution is 0.0571. The lowest BCUT2D eigenvalue weighted by atomic mass is 10.00. The van der Waals surface area contributed by atoms with Crippen molar-refractivity contribution in [3.05, 3.63) is 107 Å². The van der Waals surface area contributed by atoms with Crippen LogP contribution in [0.4, 0.5) is 0 Å². The number of nitrogens with zero attached hydrogens (tertiary/aromatic N) is 1. The molecular formula is C31H32N2O8. The van der Waals surface area contributed by atoms with Crippen molar-refractivity contribution in [2.24, 2.45) is 5.73 Å². The lowest BCUT2D eigenvalue weighted by Crippen LogP contribution is -2.34. The molecule has 0 saturated carbocycles. The Hall–Kier alpha value is -4.93. The molecule has 0 aliphatic rings. The number of amides is 1. The summed E-state index contributed by atoms with van der Waals surface area (Å²) < 4.78 is 11.4. The average molecular weight is 561 g/mol. The van der Waals surface area contributed by atoms with Crippen LogP contribution in [0.3, 0.4) is 0 Å². The Balaban J connectivity index is 1.31. The van der Waals surface area contributed by atoms with E-state index in [1.54, 1.807) is 6.07 Å². The number of hydrogen-bond donors (Lipinski definition) is 6. The largest absolute Gasteiger partial charge is 0.504 e. The van der Waals surface area contributed by atoms with Gasteiger partial charge in [-0.1, -0.05) is 48.5 Å². The van der Waals surface area contributed by atoms with Crippen molar-refractivity contribution < 1.29 is 39.8 Å². The number of phenolic OH excluding ortho intramolecular Hbond substituents is 5. The molecule has 7 N–H and O–H groups in total. The molecular weight excluding hydrogens is 528 g/mol. The summed E-state index contributed by atoms with van der Waals surface area (Å²) in [5.41, 5.74) is 8.79. The monoisotopic (exact) mass is 560 g/mol. The zero-order valence-corrected chi connectivity index (χ0v) is 22.2. The number of aromatic hydroxyl groups is 5. The second-order valence-corrected chi connectivity index (χ2v) is 9.33. The third-order valence-electron chi connectivity index (χ3n) is 6.42. The van der Waals surface area contributed by atoms with Gasteiger partial charge in [0.15, 0.2) is 28.7 Å². The summed E-state index contributed by atoms with van der Waals surface area (Å²) in [5, 5.41) is 48.7. The van der Waals surface area contributed by atoms with Crippen molar-refractivity contribution in [2.45, 2.75) is 12.6 Å². The molecule has 0 aliphatic heterocycles. The summed E-state index contributed by atoms with van der Waals surface area (Å²) >= 11 is 0. The first kappa shape index (κ1) is 29.1. The molecule has 0 fully saturated rings. The Morgan fingerprint density at radius 3 is 2.05 bits per heavy atom. The number of phenols is 5. The molecule has 1 atom stereocenters. The maximum Gasteiger partial charge on any atom is 0.254 e. The number of nitrogens with two attached hydrogens (primary N) is 1. The quantitative estimate of drug-likeness (QED) is 0.111. The first-order chi connectivity index (χ1) is 19.7. The zero-order valence-electron chi connectivity index (χ0n) is 22.2. The van der Waals surface area contributed by atoms with Crippen molar-refractivity contribution >= 4 is 5.91 Å². The number of hydrogen-bond acceptors (Lipinski definition) is 9. The van der Waals surface area contributed by atoms with Gasteiger partial charge in [-0.05, 0) is 53.1 Å². The van der Waals surface area contributed by atoms with E-state index in [2.05, 4.69) is 0 Å². The highest BCUT2D eigenvalue weighted by Crippen LogP contribution is 2.36. The molecule has 0 spiro atoms. The Bertz CT molecular complexity index is 1440. The van der Waals surface area contributed by atoms with Crippen LogP contribution in [0, 0.1) is 0 Å². The van der Waals surface area contributed by atoms with Gasteiger partial charge in [-0.25, -0.2) is 0 Å². The summed E-state index contributed by atoms with van der Waals surface area (Å²) in [6.45, 7) is 0.805. The second kappa shape index (κ2) is 13.4. The maximum absolute atomic E-state index is 13.2. The standard InChI is InChI=1S/C31H32N2O8/c32-29(21-4-2-1-3-5-21)22-7-9-24(10-8-22)41-15-14-40-13-12-33(19-20-6-11-25(34)26(35)16-20)31(39)23-17-27(36)30(38)28(37)18-23/h1-11,16-18,29,34-38H,12-15,19,32H2. The zero-order chi connectivity index (χ0) is 29.4. The summed E-state index contributed by atoms with van der Waals surface area (Å²) in [5.74, 6) is -2.53. The SMILES string of the molecule is NC(c1ccccc1)c1ccc(OCCOCCN(Cc2ccc(O)c(O)c2)C(=O)c2cc(O)c(O)c(O)c2)cc1. The Kier molecular flexibility index (Phi) is 9.51. The molecule has 10 nitrogen and oxygen atoms in total. The number of carbonyl (C=O) groups is 1. The van der Waals surface area contributed by atoms with Gasteiger partial charge in [0, 0.05) is 18.7 Å². The average Bonchev–Trinajstić information content (AvgIpc) is 2.98. The van der Waals surface area contributed by atoms with E-state index in [4.69, 9.17) is 15.2 Å². The van der Waals surface area contributed by atoms with Crippen molar-refractivity contribution in [3.8, 4) is 34.5 Å². The van der Waals surface area contributed by atoms with Crippen LogP contribution in [-0.2, 0) is 11.3 Å². The van der Waals surface area contributed by atoms with E-state index in [1.165, 1.54) is 17.0 Å². The first-order valence-electron chi connectivity index (χ1n) is 12.9. The fraction of sp³-hybridized carbons (Fsp3) is 0.194. The van der Waals surface area contributed by atoms with Gasteiger partial charge in [0.1, 0.15) is 12.4 Å². The maximum atomic E-state index is 13.2. The smallest absolute Gasteiger partial charge is 0.254 e. The predicted molar refractivity (Wildman–Crippen MR) is 151 cm³/mol. The molecule has 214 valence electrons. The minimum atomic E-state index is -0.728. The summed E-state index contributed by atoms with van der Waals surface area (Å²) in [6, 6.07) is 23.4. The third-order valence-corrected chi connectivity index (χ3v) is 6.42. The number of carbonyl (C=O) groups excluding carboxylic acids is 1. The molecule has 0 heterocycles. The molecule has 0 aromatic heterocycles. The van der Waals surface area contributed by atoms with E-state index in [9.17, 15) is 30.3 Å². The molecule has 1 unspecified atom stereocenters. The number of rotatable bonds is 12. The van der Waals surface area contributed by atoms with E-state index in [0.29, 0.717) is 11.3 Å². The normalized spacial score (nSPS) is 11.6. The van der Waals surface area contributed by atoms with Crippen LogP contribution in [0.15, 0.2) is 84.9 Å². The van der Waals surface area contributed by atoms with Crippen LogP contribution in [0.5, 0.6) is 34.5 Å². The fourth-order valence-electron chi connectivity index (χ4n) is 4.17.